The van der Waals surface area contributed by atoms with Crippen LogP contribution in [-0.2, 0) is 5.75 Å². The van der Waals surface area contributed by atoms with Crippen molar-refractivity contribution in [3.05, 3.63) is 46.9 Å². The zero-order chi connectivity index (χ0) is 15.4. The number of nitrogens with zero attached hydrogens (tertiary/aromatic N) is 1. The summed E-state index contributed by atoms with van der Waals surface area (Å²) in [6, 6.07) is 8.29. The Balaban J connectivity index is 2.23. The van der Waals surface area contributed by atoms with Crippen LogP contribution in [0.15, 0.2) is 39.6 Å². The number of amides is 2. The minimum atomic E-state index is -0.632. The Hall–Kier alpha value is -1.67. The van der Waals surface area contributed by atoms with Crippen molar-refractivity contribution in [2.45, 2.75) is 17.6 Å². The van der Waals surface area contributed by atoms with Crippen LogP contribution in [0.25, 0.3) is 0 Å². The topological polar surface area (TPSA) is 97.5 Å². The number of carbonyl (C=O) groups is 1. The Morgan fingerprint density at radius 1 is 1.43 bits per heavy atom. The van der Waals surface area contributed by atoms with Gasteiger partial charge in [-0.05, 0) is 31.2 Å². The van der Waals surface area contributed by atoms with E-state index in [4.69, 9.17) is 27.7 Å². The number of hydrogen-bond acceptors (Lipinski definition) is 5. The highest BCUT2D eigenvalue weighted by Gasteiger charge is 2.17. The van der Waals surface area contributed by atoms with Gasteiger partial charge in [0.1, 0.15) is 11.5 Å². The SMILES string of the molecule is Cc1ccc(CSc2c(Cl)cccc2N(N)C(=O)NN)o1. The second-order valence-electron chi connectivity index (χ2n) is 4.21. The van der Waals surface area contributed by atoms with Gasteiger partial charge in [-0.25, -0.2) is 21.5 Å². The second kappa shape index (κ2) is 6.86. The number of benzene rings is 1. The highest BCUT2D eigenvalue weighted by molar-refractivity contribution is 7.98. The van der Waals surface area contributed by atoms with E-state index < -0.39 is 6.03 Å². The van der Waals surface area contributed by atoms with Crippen LogP contribution in [0.2, 0.25) is 5.02 Å². The van der Waals surface area contributed by atoms with E-state index in [-0.39, 0.29) is 0 Å². The number of nitrogens with one attached hydrogen (secondary N) is 1. The van der Waals surface area contributed by atoms with E-state index in [2.05, 4.69) is 0 Å². The number of nitrogens with two attached hydrogens (primary N) is 2. The predicted octanol–water partition coefficient (Wildman–Crippen LogP) is 2.80. The summed E-state index contributed by atoms with van der Waals surface area (Å²) >= 11 is 7.62. The number of furan rings is 1. The van der Waals surface area contributed by atoms with E-state index in [1.807, 2.05) is 24.5 Å². The Morgan fingerprint density at radius 2 is 2.19 bits per heavy atom. The Morgan fingerprint density at radius 3 is 2.81 bits per heavy atom. The third-order valence-corrected chi connectivity index (χ3v) is 4.28. The molecule has 1 aromatic heterocycles. The fraction of sp³-hybridized carbons (Fsp3) is 0.154. The number of hydrazine groups is 2. The van der Waals surface area contributed by atoms with Gasteiger partial charge in [-0.2, -0.15) is 0 Å². The number of rotatable bonds is 4. The average molecular weight is 327 g/mol. The number of thioether (sulfide) groups is 1. The maximum atomic E-state index is 11.5. The first-order chi connectivity index (χ1) is 10.0. The number of aryl methyl sites for hydroxylation is 1. The molecule has 0 aliphatic carbocycles. The van der Waals surface area contributed by atoms with Gasteiger partial charge in [0.25, 0.3) is 0 Å². The molecule has 5 N–H and O–H groups in total. The predicted molar refractivity (Wildman–Crippen MR) is 83.8 cm³/mol. The fourth-order valence-electron chi connectivity index (χ4n) is 1.71. The van der Waals surface area contributed by atoms with Crippen LogP contribution in [0, 0.1) is 6.92 Å². The van der Waals surface area contributed by atoms with E-state index >= 15 is 0 Å². The van der Waals surface area contributed by atoms with Crippen molar-refractivity contribution in [2.75, 3.05) is 5.01 Å². The molecule has 2 amide bonds. The van der Waals surface area contributed by atoms with Gasteiger partial charge in [0.2, 0.25) is 0 Å². The molecule has 0 saturated heterocycles. The molecule has 6 nitrogen and oxygen atoms in total. The number of hydrogen-bond donors (Lipinski definition) is 3. The van der Waals surface area contributed by atoms with Crippen molar-refractivity contribution >= 4 is 35.1 Å². The van der Waals surface area contributed by atoms with Crippen LogP contribution in [0.1, 0.15) is 11.5 Å². The lowest BCUT2D eigenvalue weighted by Crippen LogP contribution is -2.47. The Bertz CT molecular complexity index is 647. The van der Waals surface area contributed by atoms with Gasteiger partial charge in [0.15, 0.2) is 0 Å². The maximum absolute atomic E-state index is 11.5. The smallest absolute Gasteiger partial charge is 0.350 e. The molecular weight excluding hydrogens is 312 g/mol. The first-order valence-electron chi connectivity index (χ1n) is 6.05. The van der Waals surface area contributed by atoms with E-state index in [0.29, 0.717) is 21.4 Å². The molecule has 2 aromatic rings. The molecule has 0 aliphatic rings. The number of carbonyl (C=O) groups excluding carboxylic acids is 1. The first kappa shape index (κ1) is 15.7. The van der Waals surface area contributed by atoms with Crippen molar-refractivity contribution in [3.8, 4) is 0 Å². The van der Waals surface area contributed by atoms with Gasteiger partial charge in [-0.3, -0.25) is 5.43 Å². The molecule has 1 heterocycles. The average Bonchev–Trinajstić information content (AvgIpc) is 2.89. The van der Waals surface area contributed by atoms with E-state index in [0.717, 1.165) is 16.5 Å². The van der Waals surface area contributed by atoms with Gasteiger partial charge in [-0.15, -0.1) is 11.8 Å². The molecule has 0 atom stereocenters. The Labute approximate surface area is 131 Å². The van der Waals surface area contributed by atoms with Crippen LogP contribution < -0.4 is 22.1 Å². The highest BCUT2D eigenvalue weighted by atomic mass is 35.5. The van der Waals surface area contributed by atoms with E-state index in [1.165, 1.54) is 11.8 Å². The zero-order valence-electron chi connectivity index (χ0n) is 11.3. The number of anilines is 1. The molecule has 0 spiro atoms. The first-order valence-corrected chi connectivity index (χ1v) is 7.41. The van der Waals surface area contributed by atoms with Gasteiger partial charge in [0.05, 0.1) is 21.4 Å². The molecule has 0 aliphatic heterocycles. The summed E-state index contributed by atoms with van der Waals surface area (Å²) in [4.78, 5) is 12.2. The van der Waals surface area contributed by atoms with Crippen LogP contribution in [0.4, 0.5) is 10.5 Å². The molecule has 0 radical (unpaired) electrons. The molecule has 1 aromatic carbocycles. The summed E-state index contributed by atoms with van der Waals surface area (Å²) in [6.07, 6.45) is 0. The summed E-state index contributed by atoms with van der Waals surface area (Å²) in [6.45, 7) is 1.88. The Kier molecular flexibility index (Phi) is 5.13. The maximum Gasteiger partial charge on any atom is 0.350 e. The monoisotopic (exact) mass is 326 g/mol. The minimum absolute atomic E-state index is 0.471. The third kappa shape index (κ3) is 3.70. The molecule has 0 saturated carbocycles. The van der Waals surface area contributed by atoms with E-state index in [9.17, 15) is 4.79 Å². The van der Waals surface area contributed by atoms with E-state index in [1.54, 1.807) is 18.2 Å². The van der Waals surface area contributed by atoms with Gasteiger partial charge >= 0.3 is 6.03 Å². The minimum Gasteiger partial charge on any atom is -0.465 e. The van der Waals surface area contributed by atoms with Crippen LogP contribution in [0.3, 0.4) is 0 Å². The summed E-state index contributed by atoms with van der Waals surface area (Å²) in [5, 5.41) is 1.42. The van der Waals surface area contributed by atoms with Crippen LogP contribution in [0.5, 0.6) is 0 Å². The van der Waals surface area contributed by atoms with Gasteiger partial charge in [-0.1, -0.05) is 17.7 Å². The van der Waals surface area contributed by atoms with Crippen molar-refractivity contribution in [1.29, 1.82) is 0 Å². The van der Waals surface area contributed by atoms with Crippen LogP contribution >= 0.6 is 23.4 Å². The molecule has 2 rings (SSSR count). The van der Waals surface area contributed by atoms with Crippen molar-refractivity contribution < 1.29 is 9.21 Å². The van der Waals surface area contributed by atoms with Crippen molar-refractivity contribution in [2.24, 2.45) is 11.7 Å². The summed E-state index contributed by atoms with van der Waals surface area (Å²) in [5.41, 5.74) is 2.45. The zero-order valence-corrected chi connectivity index (χ0v) is 12.9. The quantitative estimate of drug-likeness (QED) is 0.347. The molecular formula is C13H15ClN4O2S. The van der Waals surface area contributed by atoms with Crippen molar-refractivity contribution in [3.63, 3.8) is 0 Å². The van der Waals surface area contributed by atoms with Crippen molar-refractivity contribution in [1.82, 2.24) is 5.43 Å². The molecule has 21 heavy (non-hydrogen) atoms. The molecule has 0 fully saturated rings. The third-order valence-electron chi connectivity index (χ3n) is 2.70. The van der Waals surface area contributed by atoms with Crippen LogP contribution in [-0.4, -0.2) is 6.03 Å². The van der Waals surface area contributed by atoms with Gasteiger partial charge < -0.3 is 4.42 Å². The highest BCUT2D eigenvalue weighted by Crippen LogP contribution is 2.37. The normalized spacial score (nSPS) is 10.5. The summed E-state index contributed by atoms with van der Waals surface area (Å²) < 4.78 is 5.51. The van der Waals surface area contributed by atoms with Gasteiger partial charge in [0, 0.05) is 0 Å². The molecule has 112 valence electrons. The molecule has 0 unspecified atom stereocenters. The fourth-order valence-corrected chi connectivity index (χ4v) is 3.01. The lowest BCUT2D eigenvalue weighted by Gasteiger charge is -2.19. The summed E-state index contributed by atoms with van der Waals surface area (Å²) in [5.74, 6) is 13.1. The standard InChI is InChI=1S/C13H15ClN4O2S/c1-8-5-6-9(20-8)7-21-12-10(14)3-2-4-11(12)18(16)13(19)17-15/h2-6H,7,15-16H2,1H3,(H,17,19). The lowest BCUT2D eigenvalue weighted by atomic mass is 10.3. The largest absolute Gasteiger partial charge is 0.465 e. The molecule has 0 bridgehead atoms. The number of urea groups is 1. The second-order valence-corrected chi connectivity index (χ2v) is 5.60. The lowest BCUT2D eigenvalue weighted by molar-refractivity contribution is 0.246. The molecule has 8 heteroatoms. The summed E-state index contributed by atoms with van der Waals surface area (Å²) in [7, 11) is 0. The number of halogens is 1.